The number of likely N-dealkylation sites (N-methyl/N-ethyl adjacent to an activating group) is 1. The fraction of sp³-hybridized carbons (Fsp3) is 0.933. The van der Waals surface area contributed by atoms with E-state index in [0.29, 0.717) is 19.1 Å². The zero-order valence-electron chi connectivity index (χ0n) is 14.2. The van der Waals surface area contributed by atoms with Crippen LogP contribution in [0.25, 0.3) is 0 Å². The van der Waals surface area contributed by atoms with Crippen LogP contribution in [0.2, 0.25) is 0 Å². The molecular formula is C15H32N4O2. The molecule has 124 valence electrons. The van der Waals surface area contributed by atoms with Crippen LogP contribution in [0.15, 0.2) is 0 Å². The van der Waals surface area contributed by atoms with Crippen LogP contribution in [-0.2, 0) is 4.74 Å². The van der Waals surface area contributed by atoms with Crippen LogP contribution in [-0.4, -0.2) is 73.9 Å². The SMILES string of the molecule is CN1CCC(N(C)C(CN)CNC(=O)OC(C)(C)C)CC1. The molecule has 0 aromatic rings. The number of piperidine rings is 1. The maximum Gasteiger partial charge on any atom is 0.407 e. The summed E-state index contributed by atoms with van der Waals surface area (Å²) in [5.74, 6) is 0. The van der Waals surface area contributed by atoms with Crippen LogP contribution in [0.3, 0.4) is 0 Å². The predicted molar refractivity (Wildman–Crippen MR) is 85.4 cm³/mol. The van der Waals surface area contributed by atoms with Crippen molar-refractivity contribution < 1.29 is 9.53 Å². The normalized spacial score (nSPS) is 19.6. The predicted octanol–water partition coefficient (Wildman–Crippen LogP) is 0.864. The smallest absolute Gasteiger partial charge is 0.407 e. The van der Waals surface area contributed by atoms with E-state index in [0.717, 1.165) is 25.9 Å². The first-order chi connectivity index (χ1) is 9.73. The van der Waals surface area contributed by atoms with Gasteiger partial charge in [0.1, 0.15) is 5.60 Å². The van der Waals surface area contributed by atoms with E-state index in [9.17, 15) is 4.79 Å². The summed E-state index contributed by atoms with van der Waals surface area (Å²) < 4.78 is 5.26. The van der Waals surface area contributed by atoms with E-state index in [4.69, 9.17) is 10.5 Å². The number of nitrogens with two attached hydrogens (primary N) is 1. The second kappa shape index (κ2) is 7.96. The highest BCUT2D eigenvalue weighted by atomic mass is 16.6. The van der Waals surface area contributed by atoms with Gasteiger partial charge < -0.3 is 20.7 Å². The molecular weight excluding hydrogens is 268 g/mol. The molecule has 1 aliphatic rings. The molecule has 0 spiro atoms. The third-order valence-electron chi connectivity index (χ3n) is 3.99. The molecule has 1 saturated heterocycles. The van der Waals surface area contributed by atoms with Crippen LogP contribution in [0.5, 0.6) is 0 Å². The summed E-state index contributed by atoms with van der Waals surface area (Å²) in [6.45, 7) is 8.86. The lowest BCUT2D eigenvalue weighted by Gasteiger charge is -2.39. The number of alkyl carbamates (subject to hydrolysis) is 1. The molecule has 1 unspecified atom stereocenters. The van der Waals surface area contributed by atoms with Crippen LogP contribution in [0, 0.1) is 0 Å². The number of nitrogens with zero attached hydrogens (tertiary/aromatic N) is 2. The van der Waals surface area contributed by atoms with E-state index < -0.39 is 5.60 Å². The first kappa shape index (κ1) is 18.2. The van der Waals surface area contributed by atoms with Crippen molar-refractivity contribution in [3.63, 3.8) is 0 Å². The zero-order chi connectivity index (χ0) is 16.0. The minimum Gasteiger partial charge on any atom is -0.444 e. The van der Waals surface area contributed by atoms with Gasteiger partial charge >= 0.3 is 6.09 Å². The van der Waals surface area contributed by atoms with Crippen molar-refractivity contribution in [3.05, 3.63) is 0 Å². The summed E-state index contributed by atoms with van der Waals surface area (Å²) in [5, 5.41) is 2.83. The van der Waals surface area contributed by atoms with Gasteiger partial charge in [0.2, 0.25) is 0 Å². The standard InChI is InChI=1S/C15H32N4O2/c1-15(2,3)21-14(20)17-11-13(10-16)19(5)12-6-8-18(4)9-7-12/h12-13H,6-11,16H2,1-5H3,(H,17,20). The van der Waals surface area contributed by atoms with Crippen molar-refractivity contribution in [1.29, 1.82) is 0 Å². The van der Waals surface area contributed by atoms with Gasteiger partial charge in [-0.2, -0.15) is 0 Å². The molecule has 6 heteroatoms. The third-order valence-corrected chi connectivity index (χ3v) is 3.99. The molecule has 1 aliphatic heterocycles. The van der Waals surface area contributed by atoms with Crippen molar-refractivity contribution in [2.75, 3.05) is 40.3 Å². The molecule has 0 saturated carbocycles. The van der Waals surface area contributed by atoms with Gasteiger partial charge in [-0.15, -0.1) is 0 Å². The quantitative estimate of drug-likeness (QED) is 0.788. The van der Waals surface area contributed by atoms with Crippen molar-refractivity contribution in [2.24, 2.45) is 5.73 Å². The Morgan fingerprint density at radius 3 is 2.48 bits per heavy atom. The Balaban J connectivity index is 2.41. The number of carbonyl (C=O) groups excluding carboxylic acids is 1. The van der Waals surface area contributed by atoms with Gasteiger partial charge in [0.15, 0.2) is 0 Å². The molecule has 21 heavy (non-hydrogen) atoms. The van der Waals surface area contributed by atoms with Gasteiger partial charge in [0.05, 0.1) is 0 Å². The number of nitrogens with one attached hydrogen (secondary N) is 1. The highest BCUT2D eigenvalue weighted by Gasteiger charge is 2.26. The number of ether oxygens (including phenoxy) is 1. The molecule has 0 bridgehead atoms. The van der Waals surface area contributed by atoms with Crippen LogP contribution in [0.4, 0.5) is 4.79 Å². The average molecular weight is 300 g/mol. The average Bonchev–Trinajstić information content (AvgIpc) is 2.38. The molecule has 1 heterocycles. The first-order valence-corrected chi connectivity index (χ1v) is 7.80. The Labute approximate surface area is 129 Å². The maximum absolute atomic E-state index is 11.7. The molecule has 1 amide bonds. The Kier molecular flexibility index (Phi) is 6.90. The fourth-order valence-corrected chi connectivity index (χ4v) is 2.61. The van der Waals surface area contributed by atoms with Crippen molar-refractivity contribution in [2.45, 2.75) is 51.3 Å². The minimum atomic E-state index is -0.470. The lowest BCUT2D eigenvalue weighted by atomic mass is 10.0. The summed E-state index contributed by atoms with van der Waals surface area (Å²) in [6.07, 6.45) is 1.92. The summed E-state index contributed by atoms with van der Waals surface area (Å²) >= 11 is 0. The van der Waals surface area contributed by atoms with Gasteiger partial charge in [-0.3, -0.25) is 4.90 Å². The van der Waals surface area contributed by atoms with Crippen LogP contribution in [0.1, 0.15) is 33.6 Å². The molecule has 1 fully saturated rings. The van der Waals surface area contributed by atoms with E-state index in [2.05, 4.69) is 29.2 Å². The van der Waals surface area contributed by atoms with E-state index in [1.807, 2.05) is 20.8 Å². The molecule has 1 atom stereocenters. The zero-order valence-corrected chi connectivity index (χ0v) is 14.2. The van der Waals surface area contributed by atoms with Gasteiger partial charge in [-0.1, -0.05) is 0 Å². The highest BCUT2D eigenvalue weighted by Crippen LogP contribution is 2.16. The minimum absolute atomic E-state index is 0.144. The molecule has 1 rings (SSSR count). The Morgan fingerprint density at radius 2 is 2.00 bits per heavy atom. The van der Waals surface area contributed by atoms with Crippen LogP contribution < -0.4 is 11.1 Å². The number of hydrogen-bond acceptors (Lipinski definition) is 5. The summed E-state index contributed by atoms with van der Waals surface area (Å²) in [6, 6.07) is 0.682. The van der Waals surface area contributed by atoms with E-state index in [1.54, 1.807) is 0 Å². The Bertz CT molecular complexity index is 322. The van der Waals surface area contributed by atoms with Crippen molar-refractivity contribution in [1.82, 2.24) is 15.1 Å². The van der Waals surface area contributed by atoms with Gasteiger partial charge in [-0.05, 0) is 60.8 Å². The molecule has 0 aromatic heterocycles. The van der Waals surface area contributed by atoms with Crippen molar-refractivity contribution in [3.8, 4) is 0 Å². The van der Waals surface area contributed by atoms with Crippen LogP contribution >= 0.6 is 0 Å². The number of amides is 1. The van der Waals surface area contributed by atoms with Gasteiger partial charge in [0.25, 0.3) is 0 Å². The molecule has 3 N–H and O–H groups in total. The fourth-order valence-electron chi connectivity index (χ4n) is 2.61. The van der Waals surface area contributed by atoms with Crippen molar-refractivity contribution >= 4 is 6.09 Å². The summed E-state index contributed by atoms with van der Waals surface area (Å²) in [4.78, 5) is 16.4. The highest BCUT2D eigenvalue weighted by molar-refractivity contribution is 5.67. The number of hydrogen-bond donors (Lipinski definition) is 2. The Morgan fingerprint density at radius 1 is 1.43 bits per heavy atom. The lowest BCUT2D eigenvalue weighted by molar-refractivity contribution is 0.0493. The van der Waals surface area contributed by atoms with E-state index >= 15 is 0 Å². The number of likely N-dealkylation sites (tertiary alicyclic amines) is 1. The van der Waals surface area contributed by atoms with Gasteiger partial charge in [-0.25, -0.2) is 4.79 Å². The number of carbonyl (C=O) groups is 1. The Hall–Kier alpha value is -0.850. The maximum atomic E-state index is 11.7. The second-order valence-corrected chi connectivity index (χ2v) is 6.97. The van der Waals surface area contributed by atoms with E-state index in [1.165, 1.54) is 0 Å². The topological polar surface area (TPSA) is 70.8 Å². The largest absolute Gasteiger partial charge is 0.444 e. The number of rotatable bonds is 5. The lowest BCUT2D eigenvalue weighted by Crippen LogP contribution is -2.53. The molecule has 0 aliphatic carbocycles. The second-order valence-electron chi connectivity index (χ2n) is 6.97. The summed E-state index contributed by atoms with van der Waals surface area (Å²) in [5.41, 5.74) is 5.41. The molecule has 0 radical (unpaired) electrons. The van der Waals surface area contributed by atoms with Gasteiger partial charge in [0, 0.05) is 25.2 Å². The third kappa shape index (κ3) is 6.63. The molecule has 0 aromatic carbocycles. The first-order valence-electron chi connectivity index (χ1n) is 7.80. The molecule has 6 nitrogen and oxygen atoms in total. The van der Waals surface area contributed by atoms with E-state index in [-0.39, 0.29) is 12.1 Å². The monoisotopic (exact) mass is 300 g/mol. The summed E-state index contributed by atoms with van der Waals surface area (Å²) in [7, 11) is 4.25.